The van der Waals surface area contributed by atoms with Crippen LogP contribution in [0.2, 0.25) is 0 Å². The smallest absolute Gasteiger partial charge is 0.242 e. The quantitative estimate of drug-likeness (QED) is 0.798. The van der Waals surface area contributed by atoms with E-state index in [2.05, 4.69) is 9.62 Å². The fourth-order valence-corrected chi connectivity index (χ4v) is 3.63. The third-order valence-electron chi connectivity index (χ3n) is 3.66. The van der Waals surface area contributed by atoms with Crippen molar-refractivity contribution in [3.05, 3.63) is 18.2 Å². The zero-order valence-electron chi connectivity index (χ0n) is 12.5. The minimum Gasteiger partial charge on any atom is -0.399 e. The van der Waals surface area contributed by atoms with Gasteiger partial charge in [-0.15, -0.1) is 0 Å². The van der Waals surface area contributed by atoms with Crippen LogP contribution < -0.4 is 15.4 Å². The van der Waals surface area contributed by atoms with Crippen molar-refractivity contribution in [2.45, 2.75) is 30.8 Å². The second-order valence-electron chi connectivity index (χ2n) is 5.10. The summed E-state index contributed by atoms with van der Waals surface area (Å²) in [5, 5.41) is 0. The predicted molar refractivity (Wildman–Crippen MR) is 84.0 cm³/mol. The van der Waals surface area contributed by atoms with E-state index in [1.807, 2.05) is 6.92 Å². The molecule has 0 aromatic heterocycles. The lowest BCUT2D eigenvalue weighted by Gasteiger charge is -2.35. The summed E-state index contributed by atoms with van der Waals surface area (Å²) in [5.74, 6) is 0. The summed E-state index contributed by atoms with van der Waals surface area (Å²) >= 11 is 0. The number of nitrogens with zero attached hydrogens (tertiary/aromatic N) is 1. The molecule has 0 radical (unpaired) electrons. The molecular formula is C14H23N3O3S. The molecule has 0 amide bonds. The first-order chi connectivity index (χ1) is 9.97. The van der Waals surface area contributed by atoms with Crippen LogP contribution in [0, 0.1) is 0 Å². The fraction of sp³-hybridized carbons (Fsp3) is 0.571. The van der Waals surface area contributed by atoms with Crippen molar-refractivity contribution in [2.75, 3.05) is 37.4 Å². The van der Waals surface area contributed by atoms with Gasteiger partial charge in [0.25, 0.3) is 0 Å². The number of sulfonamides is 1. The first kappa shape index (κ1) is 16.1. The van der Waals surface area contributed by atoms with Gasteiger partial charge < -0.3 is 15.4 Å². The maximum absolute atomic E-state index is 12.2. The molecule has 2 rings (SSSR count). The van der Waals surface area contributed by atoms with Crippen molar-refractivity contribution < 1.29 is 13.2 Å². The van der Waals surface area contributed by atoms with E-state index in [4.69, 9.17) is 10.5 Å². The van der Waals surface area contributed by atoms with Gasteiger partial charge in [-0.2, -0.15) is 0 Å². The highest BCUT2D eigenvalue weighted by molar-refractivity contribution is 7.89. The van der Waals surface area contributed by atoms with Crippen LogP contribution in [0.5, 0.6) is 0 Å². The highest BCUT2D eigenvalue weighted by Crippen LogP contribution is 2.30. The Morgan fingerprint density at radius 2 is 2.24 bits per heavy atom. The number of benzene rings is 1. The molecule has 1 aliphatic heterocycles. The average molecular weight is 313 g/mol. The maximum atomic E-state index is 12.2. The topological polar surface area (TPSA) is 84.7 Å². The molecule has 3 N–H and O–H groups in total. The van der Waals surface area contributed by atoms with E-state index in [0.29, 0.717) is 24.5 Å². The summed E-state index contributed by atoms with van der Waals surface area (Å²) in [5.41, 5.74) is 6.87. The van der Waals surface area contributed by atoms with Gasteiger partial charge in [0.05, 0.1) is 11.8 Å². The van der Waals surface area contributed by atoms with Crippen LogP contribution in [-0.2, 0) is 14.8 Å². The number of nitrogen functional groups attached to an aromatic ring is 1. The lowest BCUT2D eigenvalue weighted by Crippen LogP contribution is -2.40. The van der Waals surface area contributed by atoms with E-state index in [9.17, 15) is 8.42 Å². The highest BCUT2D eigenvalue weighted by atomic mass is 32.2. The number of hydrogen-bond donors (Lipinski definition) is 2. The van der Waals surface area contributed by atoms with Crippen LogP contribution in [0.1, 0.15) is 19.8 Å². The Morgan fingerprint density at radius 3 is 2.90 bits per heavy atom. The van der Waals surface area contributed by atoms with Crippen LogP contribution in [0.15, 0.2) is 23.1 Å². The molecule has 1 aromatic carbocycles. The Kier molecular flexibility index (Phi) is 5.08. The lowest BCUT2D eigenvalue weighted by atomic mass is 10.1. The summed E-state index contributed by atoms with van der Waals surface area (Å²) < 4.78 is 32.4. The van der Waals surface area contributed by atoms with E-state index in [1.165, 1.54) is 13.1 Å². The Morgan fingerprint density at radius 1 is 1.48 bits per heavy atom. The van der Waals surface area contributed by atoms with Gasteiger partial charge in [0.2, 0.25) is 10.0 Å². The fourth-order valence-electron chi connectivity index (χ4n) is 2.65. The molecule has 1 saturated heterocycles. The molecule has 21 heavy (non-hydrogen) atoms. The van der Waals surface area contributed by atoms with Crippen LogP contribution >= 0.6 is 0 Å². The molecule has 1 aliphatic rings. The Balaban J connectivity index is 2.35. The van der Waals surface area contributed by atoms with Gasteiger partial charge in [0.15, 0.2) is 0 Å². The number of piperidine rings is 1. The highest BCUT2D eigenvalue weighted by Gasteiger charge is 2.25. The molecule has 7 heteroatoms. The predicted octanol–water partition coefficient (Wildman–Crippen LogP) is 1.18. The molecule has 6 nitrogen and oxygen atoms in total. The van der Waals surface area contributed by atoms with E-state index < -0.39 is 10.0 Å². The van der Waals surface area contributed by atoms with Crippen molar-refractivity contribution in [3.8, 4) is 0 Å². The number of ether oxygens (including phenoxy) is 1. The Hall–Kier alpha value is -1.31. The number of nitrogens with one attached hydrogen (secondary N) is 1. The minimum atomic E-state index is -3.54. The molecule has 1 aromatic rings. The zero-order chi connectivity index (χ0) is 15.5. The monoisotopic (exact) mass is 313 g/mol. The normalized spacial score (nSPS) is 19.7. The first-order valence-corrected chi connectivity index (χ1v) is 8.66. The number of nitrogens with two attached hydrogens (primary N) is 1. The van der Waals surface area contributed by atoms with E-state index in [0.717, 1.165) is 19.4 Å². The molecule has 1 atom stereocenters. The van der Waals surface area contributed by atoms with Gasteiger partial charge >= 0.3 is 0 Å². The van der Waals surface area contributed by atoms with Crippen LogP contribution in [-0.4, -0.2) is 41.3 Å². The second-order valence-corrected chi connectivity index (χ2v) is 6.96. The first-order valence-electron chi connectivity index (χ1n) is 7.17. The summed E-state index contributed by atoms with van der Waals surface area (Å²) in [4.78, 5) is 2.29. The van der Waals surface area contributed by atoms with Crippen molar-refractivity contribution in [2.24, 2.45) is 0 Å². The average Bonchev–Trinajstić information content (AvgIpc) is 2.48. The van der Waals surface area contributed by atoms with Crippen molar-refractivity contribution in [3.63, 3.8) is 0 Å². The molecule has 0 spiro atoms. The van der Waals surface area contributed by atoms with Crippen molar-refractivity contribution in [1.82, 2.24) is 4.72 Å². The van der Waals surface area contributed by atoms with Gasteiger partial charge in [-0.1, -0.05) is 0 Å². The van der Waals surface area contributed by atoms with Crippen LogP contribution in [0.25, 0.3) is 0 Å². The number of rotatable bonds is 5. The Labute approximate surface area is 126 Å². The van der Waals surface area contributed by atoms with Gasteiger partial charge in [0, 0.05) is 25.4 Å². The number of hydrogen-bond acceptors (Lipinski definition) is 5. The van der Waals surface area contributed by atoms with Gasteiger partial charge in [-0.25, -0.2) is 13.1 Å². The van der Waals surface area contributed by atoms with Crippen molar-refractivity contribution in [1.29, 1.82) is 0 Å². The van der Waals surface area contributed by atoms with Crippen molar-refractivity contribution >= 4 is 21.4 Å². The Bertz CT molecular complexity index is 587. The molecular weight excluding hydrogens is 290 g/mol. The minimum absolute atomic E-state index is 0.145. The maximum Gasteiger partial charge on any atom is 0.242 e. The molecule has 118 valence electrons. The SMILES string of the molecule is CCOC1CCCN(c2ccc(N)cc2S(=O)(=O)NC)C1. The zero-order valence-corrected chi connectivity index (χ0v) is 13.3. The van der Waals surface area contributed by atoms with E-state index in [-0.39, 0.29) is 11.0 Å². The van der Waals surface area contributed by atoms with Gasteiger partial charge in [-0.05, 0) is 45.0 Å². The molecule has 1 unspecified atom stereocenters. The molecule has 0 bridgehead atoms. The molecule has 1 fully saturated rings. The number of anilines is 2. The lowest BCUT2D eigenvalue weighted by molar-refractivity contribution is 0.0525. The summed E-state index contributed by atoms with van der Waals surface area (Å²) in [6.45, 7) is 4.16. The standard InChI is InChI=1S/C14H23N3O3S/c1-3-20-12-5-4-8-17(10-12)13-7-6-11(15)9-14(13)21(18,19)16-2/h6-7,9,12,16H,3-5,8,10,15H2,1-2H3. The third-order valence-corrected chi connectivity index (χ3v) is 5.11. The van der Waals surface area contributed by atoms with E-state index in [1.54, 1.807) is 12.1 Å². The van der Waals surface area contributed by atoms with Crippen LogP contribution in [0.3, 0.4) is 0 Å². The largest absolute Gasteiger partial charge is 0.399 e. The molecule has 0 saturated carbocycles. The summed E-state index contributed by atoms with van der Waals surface area (Å²) in [6.07, 6.45) is 2.13. The van der Waals surface area contributed by atoms with Crippen LogP contribution in [0.4, 0.5) is 11.4 Å². The molecule has 1 heterocycles. The molecule has 0 aliphatic carbocycles. The van der Waals surface area contributed by atoms with Gasteiger partial charge in [-0.3, -0.25) is 0 Å². The summed E-state index contributed by atoms with van der Waals surface area (Å²) in [7, 11) is -2.14. The van der Waals surface area contributed by atoms with E-state index >= 15 is 0 Å². The second kappa shape index (κ2) is 6.64. The van der Waals surface area contributed by atoms with Gasteiger partial charge in [0.1, 0.15) is 4.90 Å². The third kappa shape index (κ3) is 3.66. The summed E-state index contributed by atoms with van der Waals surface area (Å²) in [6, 6.07) is 5.01.